The molecule has 158 valence electrons. The summed E-state index contributed by atoms with van der Waals surface area (Å²) in [6.45, 7) is 3.53. The number of carbonyl (C=O) groups excluding carboxylic acids is 3. The summed E-state index contributed by atoms with van der Waals surface area (Å²) >= 11 is 0. The molecule has 1 aromatic heterocycles. The summed E-state index contributed by atoms with van der Waals surface area (Å²) in [5.41, 5.74) is 1.71. The lowest BCUT2D eigenvalue weighted by Gasteiger charge is -2.33. The van der Waals surface area contributed by atoms with E-state index in [9.17, 15) is 14.4 Å². The van der Waals surface area contributed by atoms with Crippen molar-refractivity contribution in [2.75, 3.05) is 31.1 Å². The zero-order valence-corrected chi connectivity index (χ0v) is 17.2. The third-order valence-corrected chi connectivity index (χ3v) is 5.91. The lowest BCUT2D eigenvalue weighted by atomic mass is 9.96. The highest BCUT2D eigenvalue weighted by Gasteiger charge is 2.42. The van der Waals surface area contributed by atoms with E-state index in [0.29, 0.717) is 32.7 Å². The Bertz CT molecular complexity index is 924. The molecule has 7 heteroatoms. The van der Waals surface area contributed by atoms with Crippen molar-refractivity contribution >= 4 is 23.5 Å². The number of likely N-dealkylation sites (tertiary alicyclic amines) is 1. The molecule has 0 unspecified atom stereocenters. The van der Waals surface area contributed by atoms with Crippen molar-refractivity contribution in [3.8, 4) is 5.69 Å². The van der Waals surface area contributed by atoms with Gasteiger partial charge in [0.25, 0.3) is 0 Å². The van der Waals surface area contributed by atoms with Crippen molar-refractivity contribution in [3.63, 3.8) is 0 Å². The van der Waals surface area contributed by atoms with Gasteiger partial charge in [0.05, 0.1) is 23.9 Å². The summed E-state index contributed by atoms with van der Waals surface area (Å²) in [4.78, 5) is 41.8. The predicted molar refractivity (Wildman–Crippen MR) is 112 cm³/mol. The van der Waals surface area contributed by atoms with Crippen LogP contribution in [0.25, 0.3) is 5.69 Å². The Hall–Kier alpha value is -3.09. The molecule has 3 heterocycles. The number of para-hydroxylation sites is 2. The van der Waals surface area contributed by atoms with Crippen LogP contribution in [0, 0.1) is 11.8 Å². The lowest BCUT2D eigenvalue weighted by Crippen LogP contribution is -2.46. The molecule has 2 atom stereocenters. The van der Waals surface area contributed by atoms with Gasteiger partial charge in [0.15, 0.2) is 0 Å². The number of anilines is 1. The molecule has 30 heavy (non-hydrogen) atoms. The Kier molecular flexibility index (Phi) is 5.88. The first-order valence-corrected chi connectivity index (χ1v) is 10.6. The van der Waals surface area contributed by atoms with Crippen molar-refractivity contribution in [1.82, 2.24) is 9.47 Å². The van der Waals surface area contributed by atoms with Crippen LogP contribution in [-0.4, -0.2) is 53.5 Å². The van der Waals surface area contributed by atoms with Crippen LogP contribution in [0.1, 0.15) is 26.2 Å². The van der Waals surface area contributed by atoms with E-state index in [1.165, 1.54) is 0 Å². The number of piperidine rings is 1. The Morgan fingerprint density at radius 2 is 1.77 bits per heavy atom. The van der Waals surface area contributed by atoms with E-state index < -0.39 is 5.92 Å². The second-order valence-electron chi connectivity index (χ2n) is 7.79. The molecule has 2 aliphatic heterocycles. The van der Waals surface area contributed by atoms with Crippen LogP contribution in [0.4, 0.5) is 5.69 Å². The van der Waals surface area contributed by atoms with Gasteiger partial charge in [-0.3, -0.25) is 14.4 Å². The molecule has 2 fully saturated rings. The van der Waals surface area contributed by atoms with E-state index in [-0.39, 0.29) is 23.7 Å². The lowest BCUT2D eigenvalue weighted by molar-refractivity contribution is -0.152. The Morgan fingerprint density at radius 3 is 2.50 bits per heavy atom. The monoisotopic (exact) mass is 409 g/mol. The van der Waals surface area contributed by atoms with Crippen LogP contribution < -0.4 is 4.90 Å². The number of nitrogens with zero attached hydrogens (tertiary/aromatic N) is 3. The number of rotatable bonds is 5. The fourth-order valence-corrected chi connectivity index (χ4v) is 4.40. The summed E-state index contributed by atoms with van der Waals surface area (Å²) in [5.74, 6) is -1.59. The fourth-order valence-electron chi connectivity index (χ4n) is 4.40. The maximum atomic E-state index is 13.2. The van der Waals surface area contributed by atoms with E-state index in [1.54, 1.807) is 16.7 Å². The standard InChI is InChI=1S/C23H27N3O4/c1-2-30-23(29)17-8-7-14-25(16-17)21(27)18-11-15-26(22(18)28)20-10-4-3-9-19(20)24-12-5-6-13-24/h3-6,9-10,12-13,17-18H,2,7-8,11,14-16H2,1H3/t17-,18+/m0/s1. The van der Waals surface area contributed by atoms with Gasteiger partial charge in [-0.25, -0.2) is 0 Å². The van der Waals surface area contributed by atoms with E-state index in [1.807, 2.05) is 53.4 Å². The summed E-state index contributed by atoms with van der Waals surface area (Å²) in [7, 11) is 0. The average molecular weight is 409 g/mol. The molecular formula is C23H27N3O4. The molecule has 0 N–H and O–H groups in total. The third kappa shape index (κ3) is 3.84. The Balaban J connectivity index is 1.49. The van der Waals surface area contributed by atoms with E-state index in [4.69, 9.17) is 4.74 Å². The molecule has 2 amide bonds. The van der Waals surface area contributed by atoms with Crippen LogP contribution in [0.15, 0.2) is 48.8 Å². The zero-order valence-electron chi connectivity index (χ0n) is 17.2. The second-order valence-corrected chi connectivity index (χ2v) is 7.79. The topological polar surface area (TPSA) is 71.8 Å². The summed E-state index contributed by atoms with van der Waals surface area (Å²) in [6.07, 6.45) is 5.82. The van der Waals surface area contributed by atoms with Gasteiger partial charge in [-0.2, -0.15) is 0 Å². The van der Waals surface area contributed by atoms with Crippen LogP contribution in [0.5, 0.6) is 0 Å². The van der Waals surface area contributed by atoms with Crippen molar-refractivity contribution < 1.29 is 19.1 Å². The minimum Gasteiger partial charge on any atom is -0.466 e. The minimum atomic E-state index is -0.691. The molecule has 0 spiro atoms. The molecule has 2 aliphatic rings. The summed E-state index contributed by atoms with van der Waals surface area (Å²) < 4.78 is 7.09. The summed E-state index contributed by atoms with van der Waals surface area (Å²) in [5, 5.41) is 0. The van der Waals surface area contributed by atoms with Gasteiger partial charge in [0.1, 0.15) is 5.92 Å². The van der Waals surface area contributed by atoms with Crippen molar-refractivity contribution in [2.45, 2.75) is 26.2 Å². The molecule has 1 aromatic carbocycles. The number of hydrogen-bond acceptors (Lipinski definition) is 4. The molecular weight excluding hydrogens is 382 g/mol. The van der Waals surface area contributed by atoms with Gasteiger partial charge in [-0.15, -0.1) is 0 Å². The Labute approximate surface area is 176 Å². The van der Waals surface area contributed by atoms with E-state index in [2.05, 4.69) is 0 Å². The normalized spacial score (nSPS) is 21.7. The van der Waals surface area contributed by atoms with E-state index >= 15 is 0 Å². The highest BCUT2D eigenvalue weighted by molar-refractivity contribution is 6.10. The smallest absolute Gasteiger partial charge is 0.310 e. The van der Waals surface area contributed by atoms with Crippen molar-refractivity contribution in [1.29, 1.82) is 0 Å². The Morgan fingerprint density at radius 1 is 1.03 bits per heavy atom. The van der Waals surface area contributed by atoms with Crippen molar-refractivity contribution in [2.24, 2.45) is 11.8 Å². The van der Waals surface area contributed by atoms with Crippen molar-refractivity contribution in [3.05, 3.63) is 48.8 Å². The van der Waals surface area contributed by atoms with Crippen LogP contribution in [-0.2, 0) is 19.1 Å². The highest BCUT2D eigenvalue weighted by atomic mass is 16.5. The number of aromatic nitrogens is 1. The number of esters is 1. The van der Waals surface area contributed by atoms with E-state index in [0.717, 1.165) is 24.2 Å². The average Bonchev–Trinajstić information content (AvgIpc) is 3.43. The van der Waals surface area contributed by atoms with Gasteiger partial charge >= 0.3 is 5.97 Å². The fraction of sp³-hybridized carbons (Fsp3) is 0.435. The zero-order chi connectivity index (χ0) is 21.1. The largest absolute Gasteiger partial charge is 0.466 e. The van der Waals surface area contributed by atoms with Crippen LogP contribution in [0.3, 0.4) is 0 Å². The first-order valence-electron chi connectivity index (χ1n) is 10.6. The molecule has 0 saturated carbocycles. The molecule has 0 radical (unpaired) electrons. The third-order valence-electron chi connectivity index (χ3n) is 5.91. The molecule has 7 nitrogen and oxygen atoms in total. The number of ether oxygens (including phenoxy) is 1. The molecule has 2 saturated heterocycles. The highest BCUT2D eigenvalue weighted by Crippen LogP contribution is 2.32. The predicted octanol–water partition coefficient (Wildman–Crippen LogP) is 2.63. The second kappa shape index (κ2) is 8.73. The SMILES string of the molecule is CCOC(=O)[C@H]1CCCN(C(=O)[C@H]2CCN(c3ccccc3-n3cccc3)C2=O)C1. The summed E-state index contributed by atoms with van der Waals surface area (Å²) in [6, 6.07) is 11.6. The maximum Gasteiger partial charge on any atom is 0.310 e. The first-order chi connectivity index (χ1) is 14.6. The minimum absolute atomic E-state index is 0.169. The molecule has 0 bridgehead atoms. The first kappa shape index (κ1) is 20.2. The molecule has 2 aromatic rings. The number of carbonyl (C=O) groups is 3. The van der Waals surface area contributed by atoms with Gasteiger partial charge in [0.2, 0.25) is 11.8 Å². The van der Waals surface area contributed by atoms with Gasteiger partial charge < -0.3 is 19.1 Å². The number of benzene rings is 1. The van der Waals surface area contributed by atoms with Crippen LogP contribution in [0.2, 0.25) is 0 Å². The quantitative estimate of drug-likeness (QED) is 0.562. The van der Waals surface area contributed by atoms with Crippen LogP contribution >= 0.6 is 0 Å². The van der Waals surface area contributed by atoms with Gasteiger partial charge in [-0.1, -0.05) is 12.1 Å². The molecule has 0 aliphatic carbocycles. The maximum absolute atomic E-state index is 13.2. The number of hydrogen-bond donors (Lipinski definition) is 0. The van der Waals surface area contributed by atoms with Gasteiger partial charge in [-0.05, 0) is 50.5 Å². The molecule has 4 rings (SSSR count). The van der Waals surface area contributed by atoms with Gasteiger partial charge in [0, 0.05) is 32.0 Å². The number of amides is 2.